The molecule has 0 aliphatic rings. The predicted octanol–water partition coefficient (Wildman–Crippen LogP) is 3.33. The van der Waals surface area contributed by atoms with Gasteiger partial charge in [0.15, 0.2) is 0 Å². The summed E-state index contributed by atoms with van der Waals surface area (Å²) >= 11 is 1.31. The SMILES string of the molecule is COc1ccccc1NC(=O)CSc1ccc([N+](=O)[O-])cc1. The molecule has 0 saturated heterocycles. The molecular formula is C15H14N2O4S. The van der Waals surface area contributed by atoms with Crippen molar-refractivity contribution in [3.8, 4) is 5.75 Å². The van der Waals surface area contributed by atoms with Gasteiger partial charge in [-0.2, -0.15) is 0 Å². The van der Waals surface area contributed by atoms with Gasteiger partial charge in [-0.15, -0.1) is 11.8 Å². The second kappa shape index (κ2) is 7.46. The molecule has 0 unspecified atom stereocenters. The first-order valence-corrected chi connectivity index (χ1v) is 7.39. The summed E-state index contributed by atoms with van der Waals surface area (Å²) in [5.74, 6) is 0.625. The summed E-state index contributed by atoms with van der Waals surface area (Å²) in [4.78, 5) is 22.8. The quantitative estimate of drug-likeness (QED) is 0.502. The molecule has 1 N–H and O–H groups in total. The topological polar surface area (TPSA) is 81.5 Å². The molecule has 0 aliphatic heterocycles. The Kier molecular flexibility index (Phi) is 5.37. The molecule has 0 heterocycles. The fraction of sp³-hybridized carbons (Fsp3) is 0.133. The van der Waals surface area contributed by atoms with E-state index in [4.69, 9.17) is 4.74 Å². The summed E-state index contributed by atoms with van der Waals surface area (Å²) in [7, 11) is 1.54. The van der Waals surface area contributed by atoms with Gasteiger partial charge in [-0.3, -0.25) is 14.9 Å². The van der Waals surface area contributed by atoms with Crippen LogP contribution in [-0.2, 0) is 4.79 Å². The minimum absolute atomic E-state index is 0.0304. The van der Waals surface area contributed by atoms with Crippen LogP contribution >= 0.6 is 11.8 Å². The number of thioether (sulfide) groups is 1. The van der Waals surface area contributed by atoms with E-state index in [0.717, 1.165) is 4.90 Å². The van der Waals surface area contributed by atoms with Gasteiger partial charge in [0.05, 0.1) is 23.5 Å². The Balaban J connectivity index is 1.91. The summed E-state index contributed by atoms with van der Waals surface area (Å²) in [6.07, 6.45) is 0. The maximum absolute atomic E-state index is 11.9. The molecule has 2 rings (SSSR count). The van der Waals surface area contributed by atoms with Crippen molar-refractivity contribution < 1.29 is 14.5 Å². The summed E-state index contributed by atoms with van der Waals surface area (Å²) in [5, 5.41) is 13.3. The number of methoxy groups -OCH3 is 1. The fourth-order valence-corrected chi connectivity index (χ4v) is 2.45. The van der Waals surface area contributed by atoms with E-state index in [1.165, 1.54) is 31.0 Å². The molecule has 2 aromatic rings. The molecule has 6 nitrogen and oxygen atoms in total. The van der Waals surface area contributed by atoms with Crippen LogP contribution in [0.5, 0.6) is 5.75 Å². The van der Waals surface area contributed by atoms with Crippen molar-refractivity contribution in [2.45, 2.75) is 4.90 Å². The van der Waals surface area contributed by atoms with Crippen molar-refractivity contribution in [2.75, 3.05) is 18.2 Å². The Hall–Kier alpha value is -2.54. The van der Waals surface area contributed by atoms with Crippen LogP contribution < -0.4 is 10.1 Å². The number of hydrogen-bond acceptors (Lipinski definition) is 5. The monoisotopic (exact) mass is 318 g/mol. The Morgan fingerprint density at radius 3 is 2.55 bits per heavy atom. The second-order valence-electron chi connectivity index (χ2n) is 4.29. The van der Waals surface area contributed by atoms with Crippen molar-refractivity contribution in [3.05, 3.63) is 58.6 Å². The van der Waals surface area contributed by atoms with E-state index < -0.39 is 4.92 Å². The van der Waals surface area contributed by atoms with Crippen LogP contribution in [0.1, 0.15) is 0 Å². The van der Waals surface area contributed by atoms with Crippen LogP contribution in [0.2, 0.25) is 0 Å². The van der Waals surface area contributed by atoms with E-state index in [2.05, 4.69) is 5.32 Å². The third-order valence-electron chi connectivity index (χ3n) is 2.80. The lowest BCUT2D eigenvalue weighted by atomic mass is 10.3. The first-order chi connectivity index (χ1) is 10.6. The molecule has 0 spiro atoms. The summed E-state index contributed by atoms with van der Waals surface area (Å²) < 4.78 is 5.16. The first-order valence-electron chi connectivity index (χ1n) is 6.40. The van der Waals surface area contributed by atoms with Crippen LogP contribution in [0.4, 0.5) is 11.4 Å². The zero-order chi connectivity index (χ0) is 15.9. The lowest BCUT2D eigenvalue weighted by Crippen LogP contribution is -2.14. The molecule has 2 aromatic carbocycles. The second-order valence-corrected chi connectivity index (χ2v) is 5.34. The highest BCUT2D eigenvalue weighted by Crippen LogP contribution is 2.25. The van der Waals surface area contributed by atoms with Crippen molar-refractivity contribution in [3.63, 3.8) is 0 Å². The van der Waals surface area contributed by atoms with Gasteiger partial charge < -0.3 is 10.1 Å². The van der Waals surface area contributed by atoms with Crippen molar-refractivity contribution in [1.29, 1.82) is 0 Å². The van der Waals surface area contributed by atoms with Crippen LogP contribution in [-0.4, -0.2) is 23.7 Å². The minimum Gasteiger partial charge on any atom is -0.495 e. The standard InChI is InChI=1S/C15H14N2O4S/c1-21-14-5-3-2-4-13(14)16-15(18)10-22-12-8-6-11(7-9-12)17(19)20/h2-9H,10H2,1H3,(H,16,18). The number of carbonyl (C=O) groups is 1. The number of hydrogen-bond donors (Lipinski definition) is 1. The van der Waals surface area contributed by atoms with Crippen LogP contribution in [0.15, 0.2) is 53.4 Å². The number of nitro groups is 1. The molecule has 0 atom stereocenters. The molecule has 22 heavy (non-hydrogen) atoms. The lowest BCUT2D eigenvalue weighted by molar-refractivity contribution is -0.384. The van der Waals surface area contributed by atoms with Crippen LogP contribution in [0.25, 0.3) is 0 Å². The van der Waals surface area contributed by atoms with Crippen molar-refractivity contribution >= 4 is 29.0 Å². The fourth-order valence-electron chi connectivity index (χ4n) is 1.75. The molecule has 0 aliphatic carbocycles. The number of nitrogens with one attached hydrogen (secondary N) is 1. The van der Waals surface area contributed by atoms with Gasteiger partial charge in [0.25, 0.3) is 5.69 Å². The number of nitrogens with zero attached hydrogens (tertiary/aromatic N) is 1. The maximum Gasteiger partial charge on any atom is 0.269 e. The summed E-state index contributed by atoms with van der Waals surface area (Å²) in [6.45, 7) is 0. The van der Waals surface area contributed by atoms with Gasteiger partial charge in [-0.1, -0.05) is 12.1 Å². The molecule has 1 amide bonds. The van der Waals surface area contributed by atoms with E-state index in [1.807, 2.05) is 12.1 Å². The van der Waals surface area contributed by atoms with Crippen molar-refractivity contribution in [2.24, 2.45) is 0 Å². The average Bonchev–Trinajstić information content (AvgIpc) is 2.54. The Morgan fingerprint density at radius 2 is 1.91 bits per heavy atom. The van der Waals surface area contributed by atoms with Gasteiger partial charge in [0.2, 0.25) is 5.91 Å². The Morgan fingerprint density at radius 1 is 1.23 bits per heavy atom. The number of amides is 1. The van der Waals surface area contributed by atoms with Gasteiger partial charge in [0.1, 0.15) is 5.75 Å². The number of carbonyl (C=O) groups excluding carboxylic acids is 1. The smallest absolute Gasteiger partial charge is 0.269 e. The lowest BCUT2D eigenvalue weighted by Gasteiger charge is -2.09. The number of benzene rings is 2. The van der Waals surface area contributed by atoms with Crippen molar-refractivity contribution in [1.82, 2.24) is 0 Å². The van der Waals surface area contributed by atoms with Gasteiger partial charge >= 0.3 is 0 Å². The normalized spacial score (nSPS) is 10.0. The van der Waals surface area contributed by atoms with E-state index >= 15 is 0 Å². The predicted molar refractivity (Wildman–Crippen MR) is 85.4 cm³/mol. The zero-order valence-corrected chi connectivity index (χ0v) is 12.6. The van der Waals surface area contributed by atoms with E-state index in [9.17, 15) is 14.9 Å². The summed E-state index contributed by atoms with van der Waals surface area (Å²) in [5.41, 5.74) is 0.641. The molecule has 114 valence electrons. The van der Waals surface area contributed by atoms with Gasteiger partial charge in [-0.05, 0) is 24.3 Å². The van der Waals surface area contributed by atoms with E-state index in [0.29, 0.717) is 11.4 Å². The van der Waals surface area contributed by atoms with E-state index in [-0.39, 0.29) is 17.3 Å². The number of anilines is 1. The highest BCUT2D eigenvalue weighted by molar-refractivity contribution is 8.00. The number of para-hydroxylation sites is 2. The number of ether oxygens (including phenoxy) is 1. The molecule has 0 bridgehead atoms. The molecule has 0 fully saturated rings. The molecule has 7 heteroatoms. The van der Waals surface area contributed by atoms with E-state index in [1.54, 1.807) is 24.3 Å². The Labute approximate surface area is 131 Å². The highest BCUT2D eigenvalue weighted by atomic mass is 32.2. The number of rotatable bonds is 6. The maximum atomic E-state index is 11.9. The molecule has 0 radical (unpaired) electrons. The third-order valence-corrected chi connectivity index (χ3v) is 3.81. The van der Waals surface area contributed by atoms with Gasteiger partial charge in [0, 0.05) is 17.0 Å². The van der Waals surface area contributed by atoms with Crippen LogP contribution in [0, 0.1) is 10.1 Å². The summed E-state index contributed by atoms with van der Waals surface area (Å²) in [6, 6.07) is 13.2. The number of nitro benzene ring substituents is 1. The largest absolute Gasteiger partial charge is 0.495 e. The highest BCUT2D eigenvalue weighted by Gasteiger charge is 2.09. The number of non-ortho nitro benzene ring substituents is 1. The molecule has 0 aromatic heterocycles. The van der Waals surface area contributed by atoms with Crippen LogP contribution in [0.3, 0.4) is 0 Å². The molecule has 0 saturated carbocycles. The average molecular weight is 318 g/mol. The molecular weight excluding hydrogens is 304 g/mol. The first kappa shape index (κ1) is 15.8. The minimum atomic E-state index is -0.456. The zero-order valence-electron chi connectivity index (χ0n) is 11.8. The third kappa shape index (κ3) is 4.23. The Bertz CT molecular complexity index is 673. The van der Waals surface area contributed by atoms with Gasteiger partial charge in [-0.25, -0.2) is 0 Å².